The summed E-state index contributed by atoms with van der Waals surface area (Å²) in [6.07, 6.45) is -2.39. The molecule has 3 aliphatic heterocycles. The zero-order chi connectivity index (χ0) is 42.2. The van der Waals surface area contributed by atoms with Crippen LogP contribution in [0.25, 0.3) is 0 Å². The third-order valence-electron chi connectivity index (χ3n) is 10.8. The molecule has 308 valence electrons. The van der Waals surface area contributed by atoms with E-state index in [0.29, 0.717) is 18.0 Å². The number of pyridine rings is 1. The molecule has 1 aromatic heterocycles. The number of amides is 5. The smallest absolute Gasteiger partial charge is 0.419 e. The van der Waals surface area contributed by atoms with E-state index in [9.17, 15) is 37.1 Å². The summed E-state index contributed by atoms with van der Waals surface area (Å²) < 4.78 is 48.7. The molecule has 7 rings (SSSR count). The number of likely N-dealkylation sites (tertiary alicyclic amines) is 1. The number of anilines is 4. The lowest BCUT2D eigenvalue weighted by atomic mass is 9.86. The van der Waals surface area contributed by atoms with Crippen LogP contribution < -0.4 is 26.0 Å². The van der Waals surface area contributed by atoms with Gasteiger partial charge in [0.15, 0.2) is 0 Å². The lowest BCUT2D eigenvalue weighted by Crippen LogP contribution is -2.54. The van der Waals surface area contributed by atoms with Crippen LogP contribution in [0.5, 0.6) is 5.75 Å². The summed E-state index contributed by atoms with van der Waals surface area (Å²) in [7, 11) is 1.44. The van der Waals surface area contributed by atoms with Gasteiger partial charge >= 0.3 is 6.18 Å². The molecule has 0 saturated carbocycles. The van der Waals surface area contributed by atoms with Gasteiger partial charge in [-0.1, -0.05) is 18.2 Å². The summed E-state index contributed by atoms with van der Waals surface area (Å²) in [4.78, 5) is 70.4. The van der Waals surface area contributed by atoms with Gasteiger partial charge in [-0.3, -0.25) is 39.1 Å². The molecule has 2 fully saturated rings. The van der Waals surface area contributed by atoms with Gasteiger partial charge in [-0.25, -0.2) is 4.98 Å². The fourth-order valence-electron chi connectivity index (χ4n) is 7.93. The molecule has 3 aliphatic rings. The van der Waals surface area contributed by atoms with Crippen molar-refractivity contribution < 1.29 is 41.9 Å². The van der Waals surface area contributed by atoms with Gasteiger partial charge in [0.05, 0.1) is 45.4 Å². The normalized spacial score (nSPS) is 17.6. The van der Waals surface area contributed by atoms with E-state index in [4.69, 9.17) is 4.74 Å². The molecule has 2 saturated heterocycles. The van der Waals surface area contributed by atoms with Crippen molar-refractivity contribution in [1.29, 1.82) is 0 Å². The molecule has 13 nitrogen and oxygen atoms in total. The highest BCUT2D eigenvalue weighted by molar-refractivity contribution is 6.23. The quantitative estimate of drug-likeness (QED) is 0.118. The molecule has 1 atom stereocenters. The number of alkyl halides is 3. The number of aromatic nitrogens is 1. The Morgan fingerprint density at radius 2 is 1.64 bits per heavy atom. The van der Waals surface area contributed by atoms with Crippen LogP contribution in [0.2, 0.25) is 0 Å². The van der Waals surface area contributed by atoms with Crippen LogP contribution in [-0.2, 0) is 22.3 Å². The molecule has 59 heavy (non-hydrogen) atoms. The Morgan fingerprint density at radius 1 is 0.915 bits per heavy atom. The minimum Gasteiger partial charge on any atom is -0.489 e. The average Bonchev–Trinajstić information content (AvgIpc) is 3.43. The SMILES string of the molecule is CNC(=O)c1ccccc1Nc1cc(Nc2cc(C)c(C3CCN(Cc4ccc5c(c4)C(=O)N(C4CCC(=O)NC4=O)C5=O)CC3)cc2OC(C)C)ncc1C(F)(F)F. The van der Waals surface area contributed by atoms with E-state index in [1.54, 1.807) is 24.3 Å². The van der Waals surface area contributed by atoms with E-state index < -0.39 is 47.3 Å². The molecule has 1 unspecified atom stereocenters. The minimum atomic E-state index is -4.72. The van der Waals surface area contributed by atoms with Gasteiger partial charge in [-0.05, 0) is 112 Å². The third kappa shape index (κ3) is 8.63. The van der Waals surface area contributed by atoms with Crippen molar-refractivity contribution in [3.63, 3.8) is 0 Å². The Balaban J connectivity index is 1.05. The van der Waals surface area contributed by atoms with Crippen molar-refractivity contribution in [3.8, 4) is 5.75 Å². The Kier molecular flexibility index (Phi) is 11.5. The molecular weight excluding hydrogens is 768 g/mol. The van der Waals surface area contributed by atoms with Gasteiger partial charge in [-0.2, -0.15) is 13.2 Å². The second-order valence-corrected chi connectivity index (χ2v) is 15.2. The van der Waals surface area contributed by atoms with Crippen LogP contribution in [0, 0.1) is 6.92 Å². The number of para-hydroxylation sites is 1. The first-order valence-corrected chi connectivity index (χ1v) is 19.4. The lowest BCUT2D eigenvalue weighted by Gasteiger charge is -2.33. The van der Waals surface area contributed by atoms with Crippen LogP contribution in [-0.4, -0.2) is 76.6 Å². The van der Waals surface area contributed by atoms with Crippen LogP contribution >= 0.6 is 0 Å². The van der Waals surface area contributed by atoms with Crippen LogP contribution in [0.3, 0.4) is 0 Å². The van der Waals surface area contributed by atoms with Crippen molar-refractivity contribution in [2.45, 2.75) is 77.2 Å². The second kappa shape index (κ2) is 16.5. The highest BCUT2D eigenvalue weighted by atomic mass is 19.4. The lowest BCUT2D eigenvalue weighted by molar-refractivity contribution is -0.137. The molecule has 16 heteroatoms. The molecule has 4 aromatic rings. The number of hydrogen-bond acceptors (Lipinski definition) is 10. The van der Waals surface area contributed by atoms with Gasteiger partial charge in [0.25, 0.3) is 17.7 Å². The number of hydrogen-bond donors (Lipinski definition) is 4. The molecule has 4 N–H and O–H groups in total. The minimum absolute atomic E-state index is 0.0516. The van der Waals surface area contributed by atoms with Gasteiger partial charge in [-0.15, -0.1) is 0 Å². The summed E-state index contributed by atoms with van der Waals surface area (Å²) >= 11 is 0. The molecule has 5 amide bonds. The molecule has 0 spiro atoms. The Morgan fingerprint density at radius 3 is 2.34 bits per heavy atom. The number of halogens is 3. The standard InChI is InChI=1S/C43H44F3N7O6/c1-23(2)59-36-19-29(24(3)17-34(36)50-37-20-33(31(21-48-37)43(44,45)46)49-32-8-6-5-7-28(32)39(55)47-4)26-13-15-52(16-14-26)22-25-9-10-27-30(18-25)42(58)53(41(27)57)35-11-12-38(54)51-40(35)56/h5-10,17-21,23,26,35H,11-16,22H2,1-4H3,(H,47,55)(H2,48,49,50)(H,51,54,56). The van der Waals surface area contributed by atoms with E-state index in [2.05, 4.69) is 31.2 Å². The number of nitrogens with one attached hydrogen (secondary N) is 4. The number of ether oxygens (including phenoxy) is 1. The summed E-state index contributed by atoms with van der Waals surface area (Å²) in [6, 6.07) is 15.6. The maximum atomic E-state index is 14.2. The van der Waals surface area contributed by atoms with Gasteiger partial charge in [0, 0.05) is 32.3 Å². The number of carbonyl (C=O) groups is 5. The first-order valence-electron chi connectivity index (χ1n) is 19.4. The van der Waals surface area contributed by atoms with Crippen LogP contribution in [0.15, 0.2) is 66.9 Å². The number of piperidine rings is 2. The van der Waals surface area contributed by atoms with Gasteiger partial charge < -0.3 is 20.7 Å². The number of aryl methyl sites for hydroxylation is 1. The zero-order valence-electron chi connectivity index (χ0n) is 33.0. The fourth-order valence-corrected chi connectivity index (χ4v) is 7.93. The van der Waals surface area contributed by atoms with E-state index in [0.717, 1.165) is 53.7 Å². The molecular formula is C43H44F3N7O6. The predicted octanol–water partition coefficient (Wildman–Crippen LogP) is 6.82. The number of carbonyl (C=O) groups excluding carboxylic acids is 5. The van der Waals surface area contributed by atoms with E-state index >= 15 is 0 Å². The maximum absolute atomic E-state index is 14.2. The predicted molar refractivity (Wildman–Crippen MR) is 213 cm³/mol. The number of imide groups is 2. The van der Waals surface area contributed by atoms with Gasteiger partial charge in [0.2, 0.25) is 11.8 Å². The van der Waals surface area contributed by atoms with E-state index in [1.807, 2.05) is 39.0 Å². The monoisotopic (exact) mass is 811 g/mol. The van der Waals surface area contributed by atoms with Crippen molar-refractivity contribution in [2.75, 3.05) is 30.8 Å². The van der Waals surface area contributed by atoms with Crippen LogP contribution in [0.4, 0.5) is 36.1 Å². The Hall–Kier alpha value is -6.29. The second-order valence-electron chi connectivity index (χ2n) is 15.2. The number of benzene rings is 3. The van der Waals surface area contributed by atoms with Crippen molar-refractivity contribution >= 4 is 52.4 Å². The third-order valence-corrected chi connectivity index (χ3v) is 10.8. The molecule has 0 bridgehead atoms. The molecule has 0 aliphatic carbocycles. The molecule has 4 heterocycles. The number of nitrogens with zero attached hydrogens (tertiary/aromatic N) is 3. The van der Waals surface area contributed by atoms with Gasteiger partial charge in [0.1, 0.15) is 17.6 Å². The van der Waals surface area contributed by atoms with Crippen LogP contribution in [0.1, 0.15) is 98.8 Å². The average molecular weight is 812 g/mol. The summed E-state index contributed by atoms with van der Waals surface area (Å²) in [5, 5.41) is 10.7. The zero-order valence-corrected chi connectivity index (χ0v) is 33.0. The van der Waals surface area contributed by atoms with E-state index in [1.165, 1.54) is 25.2 Å². The molecule has 0 radical (unpaired) electrons. The number of rotatable bonds is 11. The van der Waals surface area contributed by atoms with Crippen molar-refractivity contribution in [1.82, 2.24) is 25.4 Å². The first kappa shape index (κ1) is 40.9. The summed E-state index contributed by atoms with van der Waals surface area (Å²) in [6.45, 7) is 7.82. The Bertz CT molecular complexity index is 2340. The first-order chi connectivity index (χ1) is 28.1. The largest absolute Gasteiger partial charge is 0.489 e. The Labute approximate surface area is 338 Å². The highest BCUT2D eigenvalue weighted by Gasteiger charge is 2.44. The maximum Gasteiger partial charge on any atom is 0.419 e. The molecule has 3 aromatic carbocycles. The van der Waals surface area contributed by atoms with Crippen molar-refractivity contribution in [3.05, 3.63) is 106 Å². The topological polar surface area (TPSA) is 162 Å². The fraction of sp³-hybridized carbons (Fsp3) is 0.349. The number of fused-ring (bicyclic) bond motifs is 1. The van der Waals surface area contributed by atoms with E-state index in [-0.39, 0.29) is 58.7 Å². The summed E-state index contributed by atoms with van der Waals surface area (Å²) in [5.41, 5.74) is 3.03. The summed E-state index contributed by atoms with van der Waals surface area (Å²) in [5.74, 6) is -1.76. The highest BCUT2D eigenvalue weighted by Crippen LogP contribution is 2.41. The van der Waals surface area contributed by atoms with Crippen molar-refractivity contribution in [2.24, 2.45) is 0 Å².